The lowest BCUT2D eigenvalue weighted by molar-refractivity contribution is -0.116. The van der Waals surface area contributed by atoms with E-state index in [0.29, 0.717) is 30.9 Å². The number of ketones is 1. The molecule has 0 saturated carbocycles. The smallest absolute Gasteiger partial charge is 0.251 e. The summed E-state index contributed by atoms with van der Waals surface area (Å²) in [5, 5.41) is 5.94. The number of rotatable bonds is 9. The summed E-state index contributed by atoms with van der Waals surface area (Å²) in [5.74, 6) is -0.0228. The molecule has 2 aromatic rings. The molecule has 4 N–H and O–H groups in total. The average Bonchev–Trinajstić information content (AvgIpc) is 2.76. The third kappa shape index (κ3) is 6.21. The summed E-state index contributed by atoms with van der Waals surface area (Å²) in [5.41, 5.74) is 11.1. The molecule has 0 spiro atoms. The molecule has 1 aliphatic heterocycles. The standard InChI is InChI=1S/C24H33N5O2/c1-18-6-3-4-7-22(18)28-12-14-29(15-13-28)23-9-8-20(16-21(23)25)24(31)27-11-5-10-26-17-19(2)30/h3-4,6-9,16,26H,5,10-15,17,25H2,1-2H3,(H,27,31). The zero-order valence-electron chi connectivity index (χ0n) is 18.5. The van der Waals surface area contributed by atoms with Crippen molar-refractivity contribution in [1.29, 1.82) is 0 Å². The molecule has 7 heteroatoms. The number of nitrogens with two attached hydrogens (primary N) is 1. The van der Waals surface area contributed by atoms with Crippen LogP contribution in [0.25, 0.3) is 0 Å². The molecule has 7 nitrogen and oxygen atoms in total. The Morgan fingerprint density at radius 3 is 2.29 bits per heavy atom. The van der Waals surface area contributed by atoms with E-state index in [1.807, 2.05) is 12.1 Å². The molecular formula is C24H33N5O2. The Labute approximate surface area is 184 Å². The molecule has 0 unspecified atom stereocenters. The first-order chi connectivity index (χ1) is 15.0. The van der Waals surface area contributed by atoms with Crippen molar-refractivity contribution in [3.63, 3.8) is 0 Å². The third-order valence-corrected chi connectivity index (χ3v) is 5.56. The molecular weight excluding hydrogens is 390 g/mol. The predicted molar refractivity (Wildman–Crippen MR) is 127 cm³/mol. The quantitative estimate of drug-likeness (QED) is 0.423. The fourth-order valence-corrected chi connectivity index (χ4v) is 3.87. The summed E-state index contributed by atoms with van der Waals surface area (Å²) in [6.45, 7) is 8.94. The van der Waals surface area contributed by atoms with E-state index in [-0.39, 0.29) is 11.7 Å². The van der Waals surface area contributed by atoms with E-state index in [2.05, 4.69) is 51.6 Å². The number of carbonyl (C=O) groups excluding carboxylic acids is 2. The number of nitrogens with one attached hydrogen (secondary N) is 2. The average molecular weight is 424 g/mol. The first-order valence-electron chi connectivity index (χ1n) is 10.9. The van der Waals surface area contributed by atoms with Crippen LogP contribution in [-0.2, 0) is 4.79 Å². The zero-order chi connectivity index (χ0) is 22.2. The van der Waals surface area contributed by atoms with Gasteiger partial charge in [0.25, 0.3) is 5.91 Å². The van der Waals surface area contributed by atoms with Crippen molar-refractivity contribution < 1.29 is 9.59 Å². The molecule has 0 atom stereocenters. The summed E-state index contributed by atoms with van der Waals surface area (Å²) < 4.78 is 0. The van der Waals surface area contributed by atoms with Crippen LogP contribution in [0, 0.1) is 6.92 Å². The normalized spacial score (nSPS) is 13.9. The highest BCUT2D eigenvalue weighted by molar-refractivity contribution is 5.96. The van der Waals surface area contributed by atoms with Gasteiger partial charge < -0.3 is 26.2 Å². The maximum Gasteiger partial charge on any atom is 0.251 e. The van der Waals surface area contributed by atoms with Crippen molar-refractivity contribution in [1.82, 2.24) is 10.6 Å². The maximum absolute atomic E-state index is 12.4. The van der Waals surface area contributed by atoms with Crippen LogP contribution in [0.4, 0.5) is 17.1 Å². The van der Waals surface area contributed by atoms with Gasteiger partial charge in [-0.25, -0.2) is 0 Å². The number of nitrogens with zero attached hydrogens (tertiary/aromatic N) is 2. The first-order valence-corrected chi connectivity index (χ1v) is 10.9. The van der Waals surface area contributed by atoms with Crippen LogP contribution in [0.15, 0.2) is 42.5 Å². The van der Waals surface area contributed by atoms with Crippen molar-refractivity contribution in [2.75, 3.05) is 61.3 Å². The van der Waals surface area contributed by atoms with Crippen molar-refractivity contribution in [3.05, 3.63) is 53.6 Å². The highest BCUT2D eigenvalue weighted by atomic mass is 16.1. The number of piperazine rings is 1. The van der Waals surface area contributed by atoms with Gasteiger partial charge in [0.1, 0.15) is 5.78 Å². The number of para-hydroxylation sites is 1. The number of amides is 1. The number of hydrogen-bond donors (Lipinski definition) is 3. The van der Waals surface area contributed by atoms with Gasteiger partial charge in [-0.05, 0) is 56.6 Å². The van der Waals surface area contributed by atoms with E-state index >= 15 is 0 Å². The van der Waals surface area contributed by atoms with Crippen LogP contribution in [0.1, 0.15) is 29.3 Å². The van der Waals surface area contributed by atoms with Crippen LogP contribution in [-0.4, -0.2) is 57.5 Å². The SMILES string of the molecule is CC(=O)CNCCCNC(=O)c1ccc(N2CCN(c3ccccc3C)CC2)c(N)c1. The second-order valence-electron chi connectivity index (χ2n) is 8.02. The van der Waals surface area contributed by atoms with Crippen LogP contribution in [0.2, 0.25) is 0 Å². The van der Waals surface area contributed by atoms with Gasteiger partial charge in [-0.15, -0.1) is 0 Å². The monoisotopic (exact) mass is 423 g/mol. The lowest BCUT2D eigenvalue weighted by Crippen LogP contribution is -2.47. The van der Waals surface area contributed by atoms with Gasteiger partial charge in [0.2, 0.25) is 0 Å². The number of nitrogen functional groups attached to an aromatic ring is 1. The summed E-state index contributed by atoms with van der Waals surface area (Å²) in [6, 6.07) is 14.0. The molecule has 0 aromatic heterocycles. The molecule has 1 amide bonds. The summed E-state index contributed by atoms with van der Waals surface area (Å²) in [7, 11) is 0. The molecule has 0 bridgehead atoms. The van der Waals surface area contributed by atoms with Crippen LogP contribution in [0.5, 0.6) is 0 Å². The van der Waals surface area contributed by atoms with E-state index in [0.717, 1.165) is 38.3 Å². The second kappa shape index (κ2) is 10.8. The van der Waals surface area contributed by atoms with Crippen molar-refractivity contribution in [3.8, 4) is 0 Å². The van der Waals surface area contributed by atoms with Crippen molar-refractivity contribution in [2.24, 2.45) is 0 Å². The fraction of sp³-hybridized carbons (Fsp3) is 0.417. The predicted octanol–water partition coefficient (Wildman–Crippen LogP) is 2.20. The molecule has 1 saturated heterocycles. The zero-order valence-corrected chi connectivity index (χ0v) is 18.5. The lowest BCUT2D eigenvalue weighted by Gasteiger charge is -2.38. The molecule has 1 heterocycles. The van der Waals surface area contributed by atoms with Gasteiger partial charge in [0, 0.05) is 44.0 Å². The molecule has 0 radical (unpaired) electrons. The number of anilines is 3. The minimum atomic E-state index is -0.130. The number of hydrogen-bond acceptors (Lipinski definition) is 6. The number of carbonyl (C=O) groups is 2. The number of aryl methyl sites for hydroxylation is 1. The highest BCUT2D eigenvalue weighted by Crippen LogP contribution is 2.27. The molecule has 3 rings (SSSR count). The molecule has 1 fully saturated rings. The van der Waals surface area contributed by atoms with E-state index < -0.39 is 0 Å². The summed E-state index contributed by atoms with van der Waals surface area (Å²) >= 11 is 0. The maximum atomic E-state index is 12.4. The Morgan fingerprint density at radius 1 is 0.968 bits per heavy atom. The topological polar surface area (TPSA) is 90.7 Å². The van der Waals surface area contributed by atoms with Crippen LogP contribution >= 0.6 is 0 Å². The molecule has 31 heavy (non-hydrogen) atoms. The van der Waals surface area contributed by atoms with Crippen molar-refractivity contribution in [2.45, 2.75) is 20.3 Å². The molecule has 0 aliphatic carbocycles. The Morgan fingerprint density at radius 2 is 1.65 bits per heavy atom. The van der Waals surface area contributed by atoms with Crippen LogP contribution in [0.3, 0.4) is 0 Å². The molecule has 1 aliphatic rings. The number of benzene rings is 2. The second-order valence-corrected chi connectivity index (χ2v) is 8.02. The van der Waals surface area contributed by atoms with Gasteiger partial charge in [-0.1, -0.05) is 18.2 Å². The Hall–Kier alpha value is -3.06. The van der Waals surface area contributed by atoms with Gasteiger partial charge in [-0.3, -0.25) is 9.59 Å². The fourth-order valence-electron chi connectivity index (χ4n) is 3.87. The van der Waals surface area contributed by atoms with E-state index in [1.54, 1.807) is 13.0 Å². The van der Waals surface area contributed by atoms with E-state index in [4.69, 9.17) is 5.73 Å². The molecule has 166 valence electrons. The summed E-state index contributed by atoms with van der Waals surface area (Å²) in [4.78, 5) is 28.0. The summed E-state index contributed by atoms with van der Waals surface area (Å²) in [6.07, 6.45) is 0.762. The van der Waals surface area contributed by atoms with Crippen LogP contribution < -0.4 is 26.2 Å². The lowest BCUT2D eigenvalue weighted by atomic mass is 10.1. The minimum absolute atomic E-state index is 0.108. The minimum Gasteiger partial charge on any atom is -0.397 e. The Balaban J connectivity index is 1.50. The van der Waals surface area contributed by atoms with E-state index in [1.165, 1.54) is 11.3 Å². The highest BCUT2D eigenvalue weighted by Gasteiger charge is 2.20. The van der Waals surface area contributed by atoms with Gasteiger partial charge in [0.15, 0.2) is 0 Å². The Bertz CT molecular complexity index is 907. The van der Waals surface area contributed by atoms with Gasteiger partial charge in [0.05, 0.1) is 17.9 Å². The first kappa shape index (κ1) is 22.6. The number of Topliss-reactive ketones (excluding diaryl/α,β-unsaturated/α-hetero) is 1. The largest absolute Gasteiger partial charge is 0.397 e. The molecule has 2 aromatic carbocycles. The third-order valence-electron chi connectivity index (χ3n) is 5.56. The van der Waals surface area contributed by atoms with E-state index in [9.17, 15) is 9.59 Å². The van der Waals surface area contributed by atoms with Gasteiger partial charge in [-0.2, -0.15) is 0 Å². The van der Waals surface area contributed by atoms with Gasteiger partial charge >= 0.3 is 0 Å². The van der Waals surface area contributed by atoms with Crippen molar-refractivity contribution >= 4 is 28.8 Å². The Kier molecular flexibility index (Phi) is 7.89.